The molecule has 0 spiro atoms. The van der Waals surface area contributed by atoms with E-state index in [2.05, 4.69) is 4.90 Å². The highest BCUT2D eigenvalue weighted by atomic mass is 32.2. The van der Waals surface area contributed by atoms with E-state index in [1.807, 2.05) is 37.4 Å². The molecule has 1 atom stereocenters. The fourth-order valence-corrected chi connectivity index (χ4v) is 6.88. The first-order valence-corrected chi connectivity index (χ1v) is 14.1. The Hall–Kier alpha value is -2.62. The van der Waals surface area contributed by atoms with Crippen molar-refractivity contribution in [3.8, 4) is 11.5 Å². The van der Waals surface area contributed by atoms with Gasteiger partial charge in [0.25, 0.3) is 0 Å². The first-order chi connectivity index (χ1) is 17.3. The molecule has 196 valence electrons. The lowest BCUT2D eigenvalue weighted by Crippen LogP contribution is -2.39. The number of likely N-dealkylation sites (tertiary alicyclic amines) is 1. The van der Waals surface area contributed by atoms with E-state index in [1.165, 1.54) is 37.4 Å². The maximum atomic E-state index is 13.7. The van der Waals surface area contributed by atoms with Gasteiger partial charge in [-0.1, -0.05) is 30.3 Å². The fourth-order valence-electron chi connectivity index (χ4n) is 5.15. The summed E-state index contributed by atoms with van der Waals surface area (Å²) in [5, 5.41) is 0. The first kappa shape index (κ1) is 26.4. The van der Waals surface area contributed by atoms with Gasteiger partial charge in [-0.25, -0.2) is 8.42 Å². The van der Waals surface area contributed by atoms with Gasteiger partial charge in [-0.15, -0.1) is 0 Å². The average molecular weight is 516 g/mol. The third-order valence-corrected chi connectivity index (χ3v) is 9.25. The van der Waals surface area contributed by atoms with Crippen molar-refractivity contribution in [2.45, 2.75) is 43.0 Å². The van der Waals surface area contributed by atoms with Crippen molar-refractivity contribution in [2.75, 3.05) is 54.0 Å². The number of carbonyl (C=O) groups is 1. The second-order valence-corrected chi connectivity index (χ2v) is 11.4. The number of carbonyl (C=O) groups excluding carboxylic acids is 1. The third kappa shape index (κ3) is 5.68. The van der Waals surface area contributed by atoms with Gasteiger partial charge < -0.3 is 19.3 Å². The van der Waals surface area contributed by atoms with E-state index in [4.69, 9.17) is 9.47 Å². The molecule has 0 radical (unpaired) electrons. The summed E-state index contributed by atoms with van der Waals surface area (Å²) in [6.07, 6.45) is 3.95. The van der Waals surface area contributed by atoms with Crippen LogP contribution in [0.15, 0.2) is 47.4 Å². The highest BCUT2D eigenvalue weighted by Gasteiger charge is 2.32. The molecular formula is C27H37N3O5S. The van der Waals surface area contributed by atoms with Crippen LogP contribution in [0.2, 0.25) is 0 Å². The van der Waals surface area contributed by atoms with Gasteiger partial charge in [-0.2, -0.15) is 4.31 Å². The Kier molecular flexibility index (Phi) is 8.54. The van der Waals surface area contributed by atoms with E-state index in [0.717, 1.165) is 38.0 Å². The van der Waals surface area contributed by atoms with Gasteiger partial charge in [0.05, 0.1) is 31.6 Å². The number of sulfonamides is 1. The molecule has 0 aliphatic carbocycles. The normalized spacial score (nSPS) is 17.8. The highest BCUT2D eigenvalue weighted by Crippen LogP contribution is 2.35. The lowest BCUT2D eigenvalue weighted by molar-refractivity contribution is -0.131. The number of likely N-dealkylation sites (N-methyl/N-ethyl adjacent to an activating group) is 1. The number of nitrogens with zero attached hydrogens (tertiary/aromatic N) is 3. The van der Waals surface area contributed by atoms with Gasteiger partial charge in [-0.3, -0.25) is 4.79 Å². The summed E-state index contributed by atoms with van der Waals surface area (Å²) < 4.78 is 39.5. The monoisotopic (exact) mass is 515 g/mol. The molecule has 1 amide bonds. The van der Waals surface area contributed by atoms with E-state index in [-0.39, 0.29) is 23.3 Å². The van der Waals surface area contributed by atoms with Crippen LogP contribution in [0, 0.1) is 0 Å². The summed E-state index contributed by atoms with van der Waals surface area (Å²) in [7, 11) is 1.02. The van der Waals surface area contributed by atoms with E-state index < -0.39 is 10.0 Å². The van der Waals surface area contributed by atoms with E-state index in [1.54, 1.807) is 11.0 Å². The topological polar surface area (TPSA) is 79.4 Å². The van der Waals surface area contributed by atoms with Crippen LogP contribution in [0.4, 0.5) is 0 Å². The Morgan fingerprint density at radius 2 is 1.53 bits per heavy atom. The summed E-state index contributed by atoms with van der Waals surface area (Å²) in [4.78, 5) is 17.9. The first-order valence-electron chi connectivity index (χ1n) is 12.6. The molecular weight excluding hydrogens is 478 g/mol. The summed E-state index contributed by atoms with van der Waals surface area (Å²) in [5.41, 5.74) is 1.49. The quantitative estimate of drug-likeness (QED) is 0.483. The minimum atomic E-state index is -3.77. The number of ether oxygens (including phenoxy) is 2. The van der Waals surface area contributed by atoms with Gasteiger partial charge in [0, 0.05) is 32.7 Å². The molecule has 9 heteroatoms. The molecule has 36 heavy (non-hydrogen) atoms. The molecule has 2 aliphatic rings. The van der Waals surface area contributed by atoms with Gasteiger partial charge in [0.15, 0.2) is 11.5 Å². The Balaban J connectivity index is 1.66. The van der Waals surface area contributed by atoms with Gasteiger partial charge in [0.1, 0.15) is 0 Å². The molecule has 8 nitrogen and oxygen atoms in total. The Bertz CT molecular complexity index is 1140. The van der Waals surface area contributed by atoms with Crippen molar-refractivity contribution in [3.05, 3.63) is 53.6 Å². The van der Waals surface area contributed by atoms with Crippen molar-refractivity contribution in [3.63, 3.8) is 0 Å². The molecule has 0 saturated carbocycles. The molecule has 2 fully saturated rings. The van der Waals surface area contributed by atoms with Crippen molar-refractivity contribution < 1.29 is 22.7 Å². The van der Waals surface area contributed by atoms with Crippen molar-refractivity contribution in [1.29, 1.82) is 0 Å². The molecule has 2 aromatic rings. The smallest absolute Gasteiger partial charge is 0.243 e. The molecule has 2 aromatic carbocycles. The second kappa shape index (κ2) is 11.6. The maximum Gasteiger partial charge on any atom is 0.243 e. The van der Waals surface area contributed by atoms with E-state index in [9.17, 15) is 13.2 Å². The van der Waals surface area contributed by atoms with Crippen LogP contribution in [-0.2, 0) is 21.2 Å². The lowest BCUT2D eigenvalue weighted by atomic mass is 10.0. The van der Waals surface area contributed by atoms with Crippen molar-refractivity contribution in [2.24, 2.45) is 0 Å². The van der Waals surface area contributed by atoms with E-state index >= 15 is 0 Å². The average Bonchev–Trinajstić information content (AvgIpc) is 3.62. The van der Waals surface area contributed by atoms with Crippen LogP contribution in [-0.4, -0.2) is 82.4 Å². The van der Waals surface area contributed by atoms with Crippen LogP contribution < -0.4 is 9.47 Å². The van der Waals surface area contributed by atoms with Crippen LogP contribution in [0.3, 0.4) is 0 Å². The summed E-state index contributed by atoms with van der Waals surface area (Å²) in [6, 6.07) is 13.0. The minimum absolute atomic E-state index is 0.0530. The number of methoxy groups -OCH3 is 2. The van der Waals surface area contributed by atoms with E-state index in [0.29, 0.717) is 30.2 Å². The number of rotatable bonds is 10. The molecule has 2 saturated heterocycles. The standard InChI is InChI=1S/C27H37N3O5S/c1-28(23(20-29-13-7-8-14-29)21-11-5-4-6-12-21)27(31)18-22-17-24(34-2)25(35-3)19-26(22)36(32,33)30-15-9-10-16-30/h4-6,11-12,17,19,23H,7-10,13-16,18,20H2,1-3H3/t23-/m1/s1. The zero-order valence-corrected chi connectivity index (χ0v) is 22.3. The Labute approximate surface area is 214 Å². The van der Waals surface area contributed by atoms with Crippen molar-refractivity contribution >= 4 is 15.9 Å². The van der Waals surface area contributed by atoms with Gasteiger partial charge in [0.2, 0.25) is 15.9 Å². The molecule has 2 heterocycles. The second-order valence-electron chi connectivity index (χ2n) is 9.54. The predicted molar refractivity (Wildman–Crippen MR) is 139 cm³/mol. The lowest BCUT2D eigenvalue weighted by Gasteiger charge is -2.32. The summed E-state index contributed by atoms with van der Waals surface area (Å²) in [6.45, 7) is 3.77. The maximum absolute atomic E-state index is 13.7. The third-order valence-electron chi connectivity index (χ3n) is 7.27. The van der Waals surface area contributed by atoms with Crippen molar-refractivity contribution in [1.82, 2.24) is 14.1 Å². The number of hydrogen-bond acceptors (Lipinski definition) is 6. The molecule has 0 unspecified atom stereocenters. The number of hydrogen-bond donors (Lipinski definition) is 0. The molecule has 2 aliphatic heterocycles. The van der Waals surface area contributed by atoms with Crippen LogP contribution in [0.1, 0.15) is 42.9 Å². The minimum Gasteiger partial charge on any atom is -0.493 e. The Morgan fingerprint density at radius 3 is 2.14 bits per heavy atom. The van der Waals surface area contributed by atoms with Gasteiger partial charge in [-0.05, 0) is 56.0 Å². The van der Waals surface area contributed by atoms with Crippen LogP contribution in [0.5, 0.6) is 11.5 Å². The van der Waals surface area contributed by atoms with Gasteiger partial charge >= 0.3 is 0 Å². The zero-order valence-electron chi connectivity index (χ0n) is 21.5. The predicted octanol–water partition coefficient (Wildman–Crippen LogP) is 3.33. The molecule has 4 rings (SSSR count). The van der Waals surface area contributed by atoms with Crippen LogP contribution in [0.25, 0.3) is 0 Å². The fraction of sp³-hybridized carbons (Fsp3) is 0.519. The molecule has 0 aromatic heterocycles. The summed E-state index contributed by atoms with van der Waals surface area (Å²) in [5.74, 6) is 0.587. The summed E-state index contributed by atoms with van der Waals surface area (Å²) >= 11 is 0. The number of amides is 1. The Morgan fingerprint density at radius 1 is 0.944 bits per heavy atom. The molecule has 0 bridgehead atoms. The zero-order chi connectivity index (χ0) is 25.7. The van der Waals surface area contributed by atoms with Crippen LogP contribution >= 0.6 is 0 Å². The largest absolute Gasteiger partial charge is 0.493 e. The number of benzene rings is 2. The SMILES string of the molecule is COc1cc(CC(=O)N(C)[C@H](CN2CCCC2)c2ccccc2)c(S(=O)(=O)N2CCCC2)cc1OC. The molecule has 0 N–H and O–H groups in total. The highest BCUT2D eigenvalue weighted by molar-refractivity contribution is 7.89.